The molecule has 0 amide bonds. The van der Waals surface area contributed by atoms with Crippen LogP contribution >= 0.6 is 0 Å². The van der Waals surface area contributed by atoms with E-state index in [1.807, 2.05) is 48.5 Å². The molecule has 0 aliphatic rings. The molecular weight excluding hydrogens is 1180 g/mol. The van der Waals surface area contributed by atoms with Crippen molar-refractivity contribution in [2.75, 3.05) is 0 Å². The van der Waals surface area contributed by atoms with Gasteiger partial charge < -0.3 is 18.7 Å². The van der Waals surface area contributed by atoms with Crippen molar-refractivity contribution < 1.29 is 20.1 Å². The zero-order valence-corrected chi connectivity index (χ0v) is 46.7. The van der Waals surface area contributed by atoms with E-state index in [9.17, 15) is 0 Å². The van der Waals surface area contributed by atoms with Gasteiger partial charge >= 0.3 is 0 Å². The summed E-state index contributed by atoms with van der Waals surface area (Å²) in [7, 11) is 0. The third-order valence-electron chi connectivity index (χ3n) is 15.5. The van der Waals surface area contributed by atoms with Crippen LogP contribution in [0.2, 0.25) is 0 Å². The Morgan fingerprint density at radius 3 is 1.12 bits per heavy atom. The standard InChI is InChI=1S/C58H37N5.C17H12N.Ir/c1-2-16-39(17-3-1)58-59-50(38-30-32-41(33-31-38)61-52-24-10-4-18-44(52)45-19-5-11-25-53(45)61)37-51(60-58)40-34-42(62-54-26-12-6-20-46(54)47-21-7-13-27-55(47)62)36-43(35-40)63-56-28-14-8-22-48(56)49-23-9-15-29-57(49)63;1-2-7-14(8-3-1)15-9-6-10-16(13-15)17-11-4-5-12-18-17;/h1-37H;1-9,11-13H;/q;-1;. The Kier molecular flexibility index (Phi) is 13.0. The first-order valence-corrected chi connectivity index (χ1v) is 27.3. The second-order valence-electron chi connectivity index (χ2n) is 20.3. The van der Waals surface area contributed by atoms with Crippen molar-refractivity contribution >= 4 is 65.4 Å². The molecule has 16 rings (SSSR count). The zero-order chi connectivity index (χ0) is 53.6. The normalized spacial score (nSPS) is 11.3. The minimum atomic E-state index is 0. The van der Waals surface area contributed by atoms with E-state index in [-0.39, 0.29) is 20.1 Å². The average Bonchev–Trinajstić information content (AvgIpc) is 3.62. The SMILES string of the molecule is [Ir].[c-]1ccc(-c2ccccc2)cc1-c1ccccn1.c1ccc(-c2nc(-c3ccc(-n4c5ccccc5c5ccccc54)cc3)cc(-c3cc(-n4c5ccccc5c5ccccc54)cc(-n4c5ccccc5c5ccccc54)c3)n2)cc1. The molecule has 0 bridgehead atoms. The van der Waals surface area contributed by atoms with Crippen LogP contribution in [0, 0.1) is 6.07 Å². The molecule has 5 aromatic heterocycles. The first-order valence-electron chi connectivity index (χ1n) is 27.3. The zero-order valence-electron chi connectivity index (χ0n) is 44.3. The number of pyridine rings is 1. The molecule has 0 unspecified atom stereocenters. The van der Waals surface area contributed by atoms with E-state index in [2.05, 4.69) is 267 Å². The number of hydrogen-bond donors (Lipinski definition) is 0. The largest absolute Gasteiger partial charge is 0.309 e. The number of nitrogens with zero attached hydrogens (tertiary/aromatic N) is 6. The Bertz CT molecular complexity index is 4640. The minimum Gasteiger partial charge on any atom is -0.309 e. The van der Waals surface area contributed by atoms with Crippen molar-refractivity contribution in [3.8, 4) is 73.3 Å². The maximum absolute atomic E-state index is 5.39. The summed E-state index contributed by atoms with van der Waals surface area (Å²) < 4.78 is 7.16. The van der Waals surface area contributed by atoms with Crippen LogP contribution in [0.3, 0.4) is 0 Å². The minimum absolute atomic E-state index is 0. The number of benzene rings is 11. The number of para-hydroxylation sites is 6. The number of hydrogen-bond acceptors (Lipinski definition) is 3. The Morgan fingerprint density at radius 1 is 0.268 bits per heavy atom. The van der Waals surface area contributed by atoms with E-state index < -0.39 is 0 Å². The second kappa shape index (κ2) is 21.4. The maximum Gasteiger partial charge on any atom is 0.160 e. The summed E-state index contributed by atoms with van der Waals surface area (Å²) in [6.45, 7) is 0. The molecule has 0 saturated heterocycles. The van der Waals surface area contributed by atoms with E-state index in [1.165, 1.54) is 54.5 Å². The molecule has 7 heteroatoms. The van der Waals surface area contributed by atoms with Crippen LogP contribution in [0.1, 0.15) is 0 Å². The molecule has 0 aliphatic heterocycles. The Labute approximate surface area is 487 Å². The topological polar surface area (TPSA) is 53.5 Å². The molecule has 0 saturated carbocycles. The Morgan fingerprint density at radius 2 is 0.671 bits per heavy atom. The van der Waals surface area contributed by atoms with Crippen molar-refractivity contribution in [1.29, 1.82) is 0 Å². The molecule has 0 spiro atoms. The molecule has 389 valence electrons. The third-order valence-corrected chi connectivity index (χ3v) is 15.5. The molecule has 0 fully saturated rings. The maximum atomic E-state index is 5.39. The molecule has 1 radical (unpaired) electrons. The van der Waals surface area contributed by atoms with Gasteiger partial charge in [-0.05, 0) is 90.1 Å². The van der Waals surface area contributed by atoms with Gasteiger partial charge in [-0.1, -0.05) is 194 Å². The summed E-state index contributed by atoms with van der Waals surface area (Å²) in [5, 5.41) is 7.37. The second-order valence-corrected chi connectivity index (χ2v) is 20.3. The van der Waals surface area contributed by atoms with Crippen molar-refractivity contribution in [2.24, 2.45) is 0 Å². The van der Waals surface area contributed by atoms with Crippen LogP contribution in [-0.2, 0) is 20.1 Å². The fraction of sp³-hybridized carbons (Fsp3) is 0. The molecule has 82 heavy (non-hydrogen) atoms. The molecular formula is C75H49IrN6-. The summed E-state index contributed by atoms with van der Waals surface area (Å²) >= 11 is 0. The average molecular weight is 1230 g/mol. The van der Waals surface area contributed by atoms with Crippen LogP contribution in [0.25, 0.3) is 139 Å². The van der Waals surface area contributed by atoms with Gasteiger partial charge in [0, 0.05) is 92.4 Å². The van der Waals surface area contributed by atoms with Crippen LogP contribution in [0.4, 0.5) is 0 Å². The molecule has 11 aromatic carbocycles. The van der Waals surface area contributed by atoms with E-state index in [4.69, 9.17) is 9.97 Å². The summed E-state index contributed by atoms with van der Waals surface area (Å²) in [5.41, 5.74) is 19.2. The van der Waals surface area contributed by atoms with Crippen LogP contribution in [0.5, 0.6) is 0 Å². The molecule has 0 N–H and O–H groups in total. The predicted octanol–water partition coefficient (Wildman–Crippen LogP) is 19.0. The van der Waals surface area contributed by atoms with Crippen molar-refractivity contribution in [3.63, 3.8) is 0 Å². The predicted molar refractivity (Wildman–Crippen MR) is 335 cm³/mol. The Hall–Kier alpha value is -10.3. The van der Waals surface area contributed by atoms with Gasteiger partial charge in [0.25, 0.3) is 0 Å². The molecule has 6 nitrogen and oxygen atoms in total. The first-order chi connectivity index (χ1) is 40.2. The van der Waals surface area contributed by atoms with Gasteiger partial charge in [0.15, 0.2) is 5.82 Å². The summed E-state index contributed by atoms with van der Waals surface area (Å²) in [5.74, 6) is 0.676. The van der Waals surface area contributed by atoms with Crippen molar-refractivity contribution in [2.45, 2.75) is 0 Å². The van der Waals surface area contributed by atoms with Crippen molar-refractivity contribution in [1.82, 2.24) is 28.7 Å². The molecule has 16 aromatic rings. The Balaban J connectivity index is 0.000000270. The van der Waals surface area contributed by atoms with Gasteiger partial charge in [-0.25, -0.2) is 9.97 Å². The van der Waals surface area contributed by atoms with Crippen LogP contribution in [0.15, 0.2) is 297 Å². The van der Waals surface area contributed by atoms with E-state index >= 15 is 0 Å². The summed E-state index contributed by atoms with van der Waals surface area (Å²) in [6, 6.07) is 106. The summed E-state index contributed by atoms with van der Waals surface area (Å²) in [4.78, 5) is 15.0. The van der Waals surface area contributed by atoms with Crippen LogP contribution in [-0.4, -0.2) is 28.7 Å². The van der Waals surface area contributed by atoms with Gasteiger partial charge in [-0.2, -0.15) is 0 Å². The smallest absolute Gasteiger partial charge is 0.160 e. The van der Waals surface area contributed by atoms with Gasteiger partial charge in [0.2, 0.25) is 0 Å². The van der Waals surface area contributed by atoms with Gasteiger partial charge in [0.05, 0.1) is 44.5 Å². The fourth-order valence-corrected chi connectivity index (χ4v) is 11.8. The number of rotatable bonds is 8. The quantitative estimate of drug-likeness (QED) is 0.143. The van der Waals surface area contributed by atoms with Crippen LogP contribution < -0.4 is 0 Å². The van der Waals surface area contributed by atoms with Gasteiger partial charge in [-0.15, -0.1) is 35.4 Å². The number of fused-ring (bicyclic) bond motifs is 9. The first kappa shape index (κ1) is 50.0. The molecule has 0 atom stereocenters. The fourth-order valence-electron chi connectivity index (χ4n) is 11.8. The monoisotopic (exact) mass is 1230 g/mol. The third kappa shape index (κ3) is 8.95. The molecule has 5 heterocycles. The van der Waals surface area contributed by atoms with Gasteiger partial charge in [0.1, 0.15) is 0 Å². The number of aromatic nitrogens is 6. The van der Waals surface area contributed by atoms with E-state index in [0.717, 1.165) is 78.5 Å². The van der Waals surface area contributed by atoms with Crippen molar-refractivity contribution in [3.05, 3.63) is 303 Å². The van der Waals surface area contributed by atoms with E-state index in [0.29, 0.717) is 5.82 Å². The van der Waals surface area contributed by atoms with E-state index in [1.54, 1.807) is 6.20 Å². The summed E-state index contributed by atoms with van der Waals surface area (Å²) in [6.07, 6.45) is 1.80. The molecule has 0 aliphatic carbocycles. The van der Waals surface area contributed by atoms with Gasteiger partial charge in [-0.3, -0.25) is 0 Å².